The van der Waals surface area contributed by atoms with E-state index in [1.165, 1.54) is 16.9 Å². The van der Waals surface area contributed by atoms with Crippen LogP contribution in [0.1, 0.15) is 45.6 Å². The molecule has 80 valence electrons. The highest BCUT2D eigenvalue weighted by atomic mass is 127. The Kier molecular flexibility index (Phi) is 4.37. The van der Waals surface area contributed by atoms with Crippen LogP contribution in [-0.4, -0.2) is 0 Å². The molecule has 1 aromatic rings. The van der Waals surface area contributed by atoms with Gasteiger partial charge in [-0.3, -0.25) is 0 Å². The summed E-state index contributed by atoms with van der Waals surface area (Å²) in [7, 11) is 0. The van der Waals surface area contributed by atoms with E-state index in [1.807, 2.05) is 5.38 Å². The summed E-state index contributed by atoms with van der Waals surface area (Å²) >= 11 is 3.35. The van der Waals surface area contributed by atoms with Crippen molar-refractivity contribution in [1.29, 1.82) is 0 Å². The predicted molar refractivity (Wildman–Crippen MR) is 69.5 cm³/mol. The molecule has 1 rings (SSSR count). The number of thiophene rings is 1. The lowest BCUT2D eigenvalue weighted by Crippen LogP contribution is -2.20. The van der Waals surface area contributed by atoms with Gasteiger partial charge in [0.2, 0.25) is 0 Å². The van der Waals surface area contributed by atoms with Gasteiger partial charge in [0.1, 0.15) is 0 Å². The highest BCUT2D eigenvalue weighted by Crippen LogP contribution is 2.38. The predicted octanol–water partition coefficient (Wildman–Crippen LogP) is 4.96. The molecule has 1 atom stereocenters. The Balaban J connectivity index is 3.05. The molecule has 0 aromatic carbocycles. The van der Waals surface area contributed by atoms with Gasteiger partial charge in [-0.05, 0) is 51.8 Å². The molecule has 1 aromatic heterocycles. The quantitative estimate of drug-likeness (QED) is 0.686. The molecule has 0 saturated carbocycles. The first-order valence-corrected chi connectivity index (χ1v) is 6.94. The normalized spacial score (nSPS) is 15.5. The fraction of sp³-hybridized carbons (Fsp3) is 0.636. The van der Waals surface area contributed by atoms with Crippen molar-refractivity contribution in [2.45, 2.75) is 45.4 Å². The monoisotopic (exact) mass is 326 g/mol. The van der Waals surface area contributed by atoms with Crippen molar-refractivity contribution in [1.82, 2.24) is 0 Å². The standard InChI is InChI=1S/C11H16FIS/c1-4-6-11(3,5-2)8-7-14-10(12)9(8)13/h7H,4-6H2,1-3H3. The largest absolute Gasteiger partial charge is 0.194 e. The molecule has 0 N–H and O–H groups in total. The van der Waals surface area contributed by atoms with Gasteiger partial charge in [0.15, 0.2) is 5.13 Å². The van der Waals surface area contributed by atoms with Gasteiger partial charge in [0.25, 0.3) is 0 Å². The first-order valence-electron chi connectivity index (χ1n) is 4.98. The van der Waals surface area contributed by atoms with E-state index >= 15 is 0 Å². The summed E-state index contributed by atoms with van der Waals surface area (Å²) in [6, 6.07) is 0. The zero-order valence-electron chi connectivity index (χ0n) is 8.86. The average Bonchev–Trinajstić information content (AvgIpc) is 2.48. The summed E-state index contributed by atoms with van der Waals surface area (Å²) in [5, 5.41) is 1.95. The maximum atomic E-state index is 13.3. The van der Waals surface area contributed by atoms with E-state index in [0.29, 0.717) is 0 Å². The summed E-state index contributed by atoms with van der Waals surface area (Å²) in [4.78, 5) is 0. The van der Waals surface area contributed by atoms with Crippen molar-refractivity contribution in [3.63, 3.8) is 0 Å². The van der Waals surface area contributed by atoms with Crippen LogP contribution in [0.15, 0.2) is 5.38 Å². The molecule has 0 bridgehead atoms. The van der Waals surface area contributed by atoms with E-state index in [4.69, 9.17) is 0 Å². The number of rotatable bonds is 4. The summed E-state index contributed by atoms with van der Waals surface area (Å²) in [5.74, 6) is 0. The van der Waals surface area contributed by atoms with Gasteiger partial charge in [-0.1, -0.05) is 27.2 Å². The highest BCUT2D eigenvalue weighted by molar-refractivity contribution is 14.1. The fourth-order valence-corrected chi connectivity index (χ4v) is 4.02. The van der Waals surface area contributed by atoms with E-state index in [0.717, 1.165) is 22.8 Å². The second-order valence-corrected chi connectivity index (χ2v) is 5.81. The fourth-order valence-electron chi connectivity index (χ4n) is 1.78. The molecule has 0 radical (unpaired) electrons. The topological polar surface area (TPSA) is 0 Å². The lowest BCUT2D eigenvalue weighted by Gasteiger charge is -2.27. The Morgan fingerprint density at radius 2 is 2.14 bits per heavy atom. The summed E-state index contributed by atoms with van der Waals surface area (Å²) in [6.07, 6.45) is 3.36. The van der Waals surface area contributed by atoms with E-state index < -0.39 is 0 Å². The molecule has 0 aliphatic rings. The van der Waals surface area contributed by atoms with Crippen LogP contribution in [0.2, 0.25) is 0 Å². The summed E-state index contributed by atoms with van der Waals surface area (Å²) in [5.41, 5.74) is 1.36. The van der Waals surface area contributed by atoms with Crippen LogP contribution in [-0.2, 0) is 5.41 Å². The lowest BCUT2D eigenvalue weighted by molar-refractivity contribution is 0.411. The van der Waals surface area contributed by atoms with Crippen molar-refractivity contribution < 1.29 is 4.39 Å². The van der Waals surface area contributed by atoms with Gasteiger partial charge < -0.3 is 0 Å². The van der Waals surface area contributed by atoms with E-state index in [-0.39, 0.29) is 10.5 Å². The van der Waals surface area contributed by atoms with Crippen LogP contribution in [0.4, 0.5) is 4.39 Å². The first-order chi connectivity index (χ1) is 6.55. The molecule has 0 aliphatic carbocycles. The van der Waals surface area contributed by atoms with Crippen molar-refractivity contribution in [3.8, 4) is 0 Å². The lowest BCUT2D eigenvalue weighted by atomic mass is 9.78. The number of hydrogen-bond acceptors (Lipinski definition) is 1. The third kappa shape index (κ3) is 2.30. The van der Waals surface area contributed by atoms with Crippen LogP contribution < -0.4 is 0 Å². The van der Waals surface area contributed by atoms with Crippen LogP contribution in [0, 0.1) is 8.70 Å². The molecule has 0 nitrogen and oxygen atoms in total. The minimum Gasteiger partial charge on any atom is -0.194 e. The second kappa shape index (κ2) is 4.92. The van der Waals surface area contributed by atoms with Crippen LogP contribution in [0.3, 0.4) is 0 Å². The van der Waals surface area contributed by atoms with Crippen LogP contribution in [0.5, 0.6) is 0 Å². The molecule has 1 unspecified atom stereocenters. The summed E-state index contributed by atoms with van der Waals surface area (Å²) in [6.45, 7) is 6.60. The Morgan fingerprint density at radius 1 is 1.50 bits per heavy atom. The molecule has 0 spiro atoms. The van der Waals surface area contributed by atoms with Crippen molar-refractivity contribution in [3.05, 3.63) is 19.6 Å². The Morgan fingerprint density at radius 3 is 2.50 bits per heavy atom. The molecular formula is C11H16FIS. The molecule has 0 amide bonds. The Labute approximate surface area is 103 Å². The van der Waals surface area contributed by atoms with E-state index in [1.54, 1.807) is 0 Å². The zero-order valence-corrected chi connectivity index (χ0v) is 11.8. The molecule has 3 heteroatoms. The SMILES string of the molecule is CCCC(C)(CC)c1csc(F)c1I. The van der Waals surface area contributed by atoms with Gasteiger partial charge >= 0.3 is 0 Å². The summed E-state index contributed by atoms with van der Waals surface area (Å²) < 4.78 is 14.1. The van der Waals surface area contributed by atoms with Crippen molar-refractivity contribution >= 4 is 33.9 Å². The Hall–Kier alpha value is 0.360. The van der Waals surface area contributed by atoms with Crippen molar-refractivity contribution in [2.24, 2.45) is 0 Å². The Bertz CT molecular complexity index is 308. The van der Waals surface area contributed by atoms with Gasteiger partial charge in [-0.2, -0.15) is 4.39 Å². The molecule has 0 saturated heterocycles. The van der Waals surface area contributed by atoms with E-state index in [9.17, 15) is 4.39 Å². The second-order valence-electron chi connectivity index (χ2n) is 3.90. The maximum Gasteiger partial charge on any atom is 0.190 e. The van der Waals surface area contributed by atoms with Crippen molar-refractivity contribution in [2.75, 3.05) is 0 Å². The average molecular weight is 326 g/mol. The molecule has 14 heavy (non-hydrogen) atoms. The van der Waals surface area contributed by atoms with Gasteiger partial charge in [-0.15, -0.1) is 11.3 Å². The molecule has 0 aliphatic heterocycles. The zero-order chi connectivity index (χ0) is 10.8. The van der Waals surface area contributed by atoms with Gasteiger partial charge in [0.05, 0.1) is 3.57 Å². The third-order valence-electron chi connectivity index (χ3n) is 2.92. The molecule has 0 fully saturated rings. The molecule has 1 heterocycles. The number of hydrogen-bond donors (Lipinski definition) is 0. The van der Waals surface area contributed by atoms with Gasteiger partial charge in [-0.25, -0.2) is 0 Å². The minimum atomic E-state index is -0.0311. The van der Waals surface area contributed by atoms with Crippen LogP contribution in [0.25, 0.3) is 0 Å². The van der Waals surface area contributed by atoms with E-state index in [2.05, 4.69) is 43.4 Å². The number of halogens is 2. The minimum absolute atomic E-state index is 0.0311. The maximum absolute atomic E-state index is 13.3. The first kappa shape index (κ1) is 12.4. The van der Waals surface area contributed by atoms with Gasteiger partial charge in [0, 0.05) is 0 Å². The highest BCUT2D eigenvalue weighted by Gasteiger charge is 2.28. The molecular weight excluding hydrogens is 310 g/mol. The third-order valence-corrected chi connectivity index (χ3v) is 5.11. The smallest absolute Gasteiger partial charge is 0.190 e. The van der Waals surface area contributed by atoms with Crippen LogP contribution >= 0.6 is 33.9 Å².